The summed E-state index contributed by atoms with van der Waals surface area (Å²) in [6.07, 6.45) is 9.33. The Bertz CT molecular complexity index is 901. The summed E-state index contributed by atoms with van der Waals surface area (Å²) in [5.74, 6) is 3.57. The summed E-state index contributed by atoms with van der Waals surface area (Å²) in [5, 5.41) is 0. The molecular formula is C21H25N5O2. The number of piperidine rings is 1. The van der Waals surface area contributed by atoms with Crippen LogP contribution in [-0.2, 0) is 13.6 Å². The fraction of sp³-hybridized carbons (Fsp3) is 0.381. The van der Waals surface area contributed by atoms with Crippen LogP contribution in [-0.4, -0.2) is 44.6 Å². The molecule has 0 radical (unpaired) electrons. The molecular weight excluding hydrogens is 354 g/mol. The molecule has 7 nitrogen and oxygen atoms in total. The van der Waals surface area contributed by atoms with Gasteiger partial charge in [0.1, 0.15) is 23.0 Å². The number of rotatable bonds is 6. The van der Waals surface area contributed by atoms with Crippen molar-refractivity contribution in [2.24, 2.45) is 7.05 Å². The number of nitrogens with zero attached hydrogens (tertiary/aromatic N) is 5. The van der Waals surface area contributed by atoms with Crippen LogP contribution in [0.5, 0.6) is 17.4 Å². The minimum Gasteiger partial charge on any atom is -0.497 e. The maximum atomic E-state index is 6.03. The molecule has 1 aliphatic rings. The standard InChI is InChI=1S/C21H25N5O2/c1-25-14-11-22-19(25)15-26-12-7-16(8-13-26)20-21(24-10-9-23-20)28-18-5-3-17(27-2)4-6-18/h3-6,9-11,14,16H,7-8,12-13,15H2,1-2H3. The maximum absolute atomic E-state index is 6.03. The minimum atomic E-state index is 0.347. The molecule has 0 spiro atoms. The Balaban J connectivity index is 1.41. The normalized spacial score (nSPS) is 15.5. The van der Waals surface area contributed by atoms with Gasteiger partial charge in [0.2, 0.25) is 5.88 Å². The fourth-order valence-corrected chi connectivity index (χ4v) is 3.56. The Labute approximate surface area is 165 Å². The molecule has 28 heavy (non-hydrogen) atoms. The highest BCUT2D eigenvalue weighted by Gasteiger charge is 2.25. The Hall–Kier alpha value is -2.93. The molecule has 0 aliphatic carbocycles. The molecule has 4 rings (SSSR count). The van der Waals surface area contributed by atoms with E-state index in [9.17, 15) is 0 Å². The second-order valence-corrected chi connectivity index (χ2v) is 7.03. The fourth-order valence-electron chi connectivity index (χ4n) is 3.56. The number of hydrogen-bond donors (Lipinski definition) is 0. The third-order valence-electron chi connectivity index (χ3n) is 5.23. The van der Waals surface area contributed by atoms with E-state index >= 15 is 0 Å². The van der Waals surface area contributed by atoms with Crippen LogP contribution in [0.1, 0.15) is 30.3 Å². The Kier molecular flexibility index (Phi) is 5.53. The van der Waals surface area contributed by atoms with Gasteiger partial charge in [0.05, 0.1) is 13.7 Å². The molecule has 0 N–H and O–H groups in total. The number of methoxy groups -OCH3 is 1. The van der Waals surface area contributed by atoms with Gasteiger partial charge in [0, 0.05) is 37.8 Å². The number of hydrogen-bond acceptors (Lipinski definition) is 6. The van der Waals surface area contributed by atoms with Crippen molar-refractivity contribution < 1.29 is 9.47 Å². The summed E-state index contributed by atoms with van der Waals surface area (Å²) in [5.41, 5.74) is 0.940. The SMILES string of the molecule is COc1ccc(Oc2nccnc2C2CCN(Cc3nccn3C)CC2)cc1. The lowest BCUT2D eigenvalue weighted by molar-refractivity contribution is 0.196. The van der Waals surface area contributed by atoms with Crippen molar-refractivity contribution in [1.82, 2.24) is 24.4 Å². The highest BCUT2D eigenvalue weighted by Crippen LogP contribution is 2.34. The average Bonchev–Trinajstić information content (AvgIpc) is 3.14. The van der Waals surface area contributed by atoms with Gasteiger partial charge in [-0.2, -0.15) is 0 Å². The van der Waals surface area contributed by atoms with Gasteiger partial charge >= 0.3 is 0 Å². The highest BCUT2D eigenvalue weighted by atomic mass is 16.5. The van der Waals surface area contributed by atoms with Gasteiger partial charge in [-0.1, -0.05) is 0 Å². The van der Waals surface area contributed by atoms with E-state index in [1.807, 2.05) is 43.7 Å². The van der Waals surface area contributed by atoms with Crippen molar-refractivity contribution in [3.05, 3.63) is 60.6 Å². The summed E-state index contributed by atoms with van der Waals surface area (Å²) in [6.45, 7) is 2.90. The number of aromatic nitrogens is 4. The molecule has 1 fully saturated rings. The van der Waals surface area contributed by atoms with Gasteiger partial charge in [-0.15, -0.1) is 0 Å². The summed E-state index contributed by atoms with van der Waals surface area (Å²) in [7, 11) is 3.69. The molecule has 0 amide bonds. The first-order chi connectivity index (χ1) is 13.7. The summed E-state index contributed by atoms with van der Waals surface area (Å²) >= 11 is 0. The van der Waals surface area contributed by atoms with Gasteiger partial charge < -0.3 is 14.0 Å². The van der Waals surface area contributed by atoms with E-state index in [2.05, 4.69) is 24.4 Å². The third-order valence-corrected chi connectivity index (χ3v) is 5.23. The Morgan fingerprint density at radius 1 is 0.964 bits per heavy atom. The van der Waals surface area contributed by atoms with Crippen molar-refractivity contribution in [2.45, 2.75) is 25.3 Å². The van der Waals surface area contributed by atoms with Crippen molar-refractivity contribution >= 4 is 0 Å². The smallest absolute Gasteiger partial charge is 0.241 e. The maximum Gasteiger partial charge on any atom is 0.241 e. The van der Waals surface area contributed by atoms with E-state index in [1.54, 1.807) is 19.5 Å². The van der Waals surface area contributed by atoms with Crippen molar-refractivity contribution in [3.8, 4) is 17.4 Å². The molecule has 1 aromatic carbocycles. The Morgan fingerprint density at radius 2 is 1.68 bits per heavy atom. The molecule has 1 saturated heterocycles. The van der Waals surface area contributed by atoms with Gasteiger partial charge in [-0.05, 0) is 50.2 Å². The lowest BCUT2D eigenvalue weighted by Gasteiger charge is -2.31. The third kappa shape index (κ3) is 4.14. The topological polar surface area (TPSA) is 65.3 Å². The van der Waals surface area contributed by atoms with E-state index in [-0.39, 0.29) is 0 Å². The first kappa shape index (κ1) is 18.4. The molecule has 1 aliphatic heterocycles. The predicted molar refractivity (Wildman–Crippen MR) is 106 cm³/mol. The quantitative estimate of drug-likeness (QED) is 0.654. The van der Waals surface area contributed by atoms with Crippen LogP contribution in [0.2, 0.25) is 0 Å². The largest absolute Gasteiger partial charge is 0.497 e. The van der Waals surface area contributed by atoms with E-state index in [0.29, 0.717) is 11.8 Å². The molecule has 2 aromatic heterocycles. The lowest BCUT2D eigenvalue weighted by atomic mass is 9.93. The van der Waals surface area contributed by atoms with Crippen molar-refractivity contribution in [3.63, 3.8) is 0 Å². The van der Waals surface area contributed by atoms with Gasteiger partial charge in [-0.3, -0.25) is 9.88 Å². The molecule has 146 valence electrons. The van der Waals surface area contributed by atoms with Crippen LogP contribution >= 0.6 is 0 Å². The molecule has 0 bridgehead atoms. The lowest BCUT2D eigenvalue weighted by Crippen LogP contribution is -2.33. The highest BCUT2D eigenvalue weighted by molar-refractivity contribution is 5.35. The number of ether oxygens (including phenoxy) is 2. The van der Waals surface area contributed by atoms with E-state index in [0.717, 1.165) is 55.5 Å². The van der Waals surface area contributed by atoms with Crippen LogP contribution in [0, 0.1) is 0 Å². The minimum absolute atomic E-state index is 0.347. The van der Waals surface area contributed by atoms with Gasteiger partial charge in [0.25, 0.3) is 0 Å². The van der Waals surface area contributed by atoms with Crippen molar-refractivity contribution in [2.75, 3.05) is 20.2 Å². The molecule has 0 atom stereocenters. The summed E-state index contributed by atoms with van der Waals surface area (Å²) < 4.78 is 13.3. The molecule has 3 aromatic rings. The second-order valence-electron chi connectivity index (χ2n) is 7.03. The van der Waals surface area contributed by atoms with Crippen LogP contribution in [0.25, 0.3) is 0 Å². The van der Waals surface area contributed by atoms with Gasteiger partial charge in [-0.25, -0.2) is 9.97 Å². The second kappa shape index (κ2) is 8.39. The van der Waals surface area contributed by atoms with Crippen LogP contribution in [0.4, 0.5) is 0 Å². The monoisotopic (exact) mass is 379 g/mol. The molecule has 0 unspecified atom stereocenters. The first-order valence-electron chi connectivity index (χ1n) is 9.54. The van der Waals surface area contributed by atoms with Crippen LogP contribution in [0.3, 0.4) is 0 Å². The van der Waals surface area contributed by atoms with E-state index < -0.39 is 0 Å². The van der Waals surface area contributed by atoms with Crippen molar-refractivity contribution in [1.29, 1.82) is 0 Å². The number of imidazole rings is 1. The summed E-state index contributed by atoms with van der Waals surface area (Å²) in [6, 6.07) is 7.52. The molecule has 7 heteroatoms. The van der Waals surface area contributed by atoms with Crippen LogP contribution in [0.15, 0.2) is 49.1 Å². The van der Waals surface area contributed by atoms with E-state index in [1.165, 1.54) is 0 Å². The number of likely N-dealkylation sites (tertiary alicyclic amines) is 1. The predicted octanol–water partition coefficient (Wildman–Crippen LogP) is 3.39. The molecule has 3 heterocycles. The zero-order valence-electron chi connectivity index (χ0n) is 16.3. The zero-order valence-corrected chi connectivity index (χ0v) is 16.3. The van der Waals surface area contributed by atoms with Crippen LogP contribution < -0.4 is 9.47 Å². The van der Waals surface area contributed by atoms with E-state index in [4.69, 9.17) is 9.47 Å². The molecule has 0 saturated carbocycles. The van der Waals surface area contributed by atoms with Gasteiger partial charge in [0.15, 0.2) is 0 Å². The zero-order chi connectivity index (χ0) is 19.3. The number of aryl methyl sites for hydroxylation is 1. The Morgan fingerprint density at radius 3 is 2.36 bits per heavy atom. The average molecular weight is 379 g/mol. The first-order valence-corrected chi connectivity index (χ1v) is 9.54. The summed E-state index contributed by atoms with van der Waals surface area (Å²) in [4.78, 5) is 15.9. The number of benzene rings is 1.